The van der Waals surface area contributed by atoms with E-state index in [2.05, 4.69) is 11.0 Å². The molecule has 0 bridgehead atoms. The first kappa shape index (κ1) is 21.3. The fourth-order valence-electron chi connectivity index (χ4n) is 3.89. The van der Waals surface area contributed by atoms with Gasteiger partial charge in [0.05, 0.1) is 5.60 Å². The van der Waals surface area contributed by atoms with E-state index in [0.717, 1.165) is 43.5 Å². The Kier molecular flexibility index (Phi) is 6.88. The molecular formula is C25H32N2O2. The zero-order valence-electron chi connectivity index (χ0n) is 17.5. The molecule has 3 rings (SSSR count). The number of aliphatic hydroxyl groups is 1. The SMILES string of the molecule is CC(C)(O)CN1CCCC(=Cc2ccc(C(=O)Cc3ccccc3N)cc2)CC1. The number of carbonyl (C=O) groups excluding carboxylic acids is 1. The zero-order chi connectivity index (χ0) is 20.9. The first-order chi connectivity index (χ1) is 13.8. The Hall–Kier alpha value is -2.43. The Morgan fingerprint density at radius 1 is 1.10 bits per heavy atom. The predicted octanol–water partition coefficient (Wildman–Crippen LogP) is 4.33. The molecule has 4 nitrogen and oxygen atoms in total. The van der Waals surface area contributed by atoms with Gasteiger partial charge in [-0.05, 0) is 56.8 Å². The summed E-state index contributed by atoms with van der Waals surface area (Å²) in [5.74, 6) is 0.0822. The van der Waals surface area contributed by atoms with Gasteiger partial charge in [-0.3, -0.25) is 4.79 Å². The molecule has 29 heavy (non-hydrogen) atoms. The molecule has 3 N–H and O–H groups in total. The van der Waals surface area contributed by atoms with Gasteiger partial charge in [-0.25, -0.2) is 0 Å². The monoisotopic (exact) mass is 392 g/mol. The van der Waals surface area contributed by atoms with Crippen LogP contribution in [-0.2, 0) is 6.42 Å². The molecule has 2 aromatic rings. The summed E-state index contributed by atoms with van der Waals surface area (Å²) in [5.41, 5.74) is 10.1. The van der Waals surface area contributed by atoms with Crippen LogP contribution in [0.25, 0.3) is 6.08 Å². The van der Waals surface area contributed by atoms with Gasteiger partial charge in [0.2, 0.25) is 0 Å². The van der Waals surface area contributed by atoms with Gasteiger partial charge < -0.3 is 15.7 Å². The molecule has 0 radical (unpaired) electrons. The lowest BCUT2D eigenvalue weighted by molar-refractivity contribution is 0.0376. The highest BCUT2D eigenvalue weighted by Gasteiger charge is 2.20. The summed E-state index contributed by atoms with van der Waals surface area (Å²) in [5, 5.41) is 10.1. The number of carbonyl (C=O) groups is 1. The number of Topliss-reactive ketones (excluding diaryl/α,β-unsaturated/α-hetero) is 1. The summed E-state index contributed by atoms with van der Waals surface area (Å²) in [6.45, 7) is 6.44. The predicted molar refractivity (Wildman–Crippen MR) is 120 cm³/mol. The van der Waals surface area contributed by atoms with Crippen molar-refractivity contribution in [2.24, 2.45) is 0 Å². The molecule has 0 aromatic heterocycles. The molecule has 1 aliphatic rings. The van der Waals surface area contributed by atoms with Crippen LogP contribution in [-0.4, -0.2) is 41.0 Å². The standard InChI is InChI=1S/C25H32N2O2/c1-25(2,29)18-27-14-5-6-19(13-15-27)16-20-9-11-21(12-10-20)24(28)17-22-7-3-4-8-23(22)26/h3-4,7-12,16,29H,5-6,13-15,17-18,26H2,1-2H3. The van der Waals surface area contributed by atoms with Gasteiger partial charge in [0.25, 0.3) is 0 Å². The summed E-state index contributed by atoms with van der Waals surface area (Å²) < 4.78 is 0. The maximum absolute atomic E-state index is 12.6. The Labute approximate surface area is 174 Å². The normalized spacial score (nSPS) is 17.3. The number of benzene rings is 2. The number of nitrogen functional groups attached to an aromatic ring is 1. The average molecular weight is 393 g/mol. The quantitative estimate of drug-likeness (QED) is 0.567. The third-order valence-electron chi connectivity index (χ3n) is 5.34. The molecule has 1 fully saturated rings. The number of anilines is 1. The number of ketones is 1. The first-order valence-corrected chi connectivity index (χ1v) is 10.4. The minimum Gasteiger partial charge on any atom is -0.398 e. The maximum Gasteiger partial charge on any atom is 0.167 e. The third kappa shape index (κ3) is 6.55. The molecule has 0 amide bonds. The first-order valence-electron chi connectivity index (χ1n) is 10.4. The molecule has 0 unspecified atom stereocenters. The average Bonchev–Trinajstić information content (AvgIpc) is 2.88. The molecule has 1 heterocycles. The highest BCUT2D eigenvalue weighted by Crippen LogP contribution is 2.22. The van der Waals surface area contributed by atoms with Crippen molar-refractivity contribution < 1.29 is 9.90 Å². The fraction of sp³-hybridized carbons (Fsp3) is 0.400. The van der Waals surface area contributed by atoms with Crippen molar-refractivity contribution in [2.75, 3.05) is 25.4 Å². The summed E-state index contributed by atoms with van der Waals surface area (Å²) >= 11 is 0. The summed E-state index contributed by atoms with van der Waals surface area (Å²) in [6, 6.07) is 15.4. The van der Waals surface area contributed by atoms with Crippen molar-refractivity contribution in [1.29, 1.82) is 0 Å². The van der Waals surface area contributed by atoms with E-state index < -0.39 is 5.60 Å². The van der Waals surface area contributed by atoms with E-state index in [1.165, 1.54) is 5.57 Å². The number of nitrogens with zero attached hydrogens (tertiary/aromatic N) is 1. The largest absolute Gasteiger partial charge is 0.398 e. The van der Waals surface area contributed by atoms with Crippen LogP contribution >= 0.6 is 0 Å². The number of para-hydroxylation sites is 1. The molecule has 0 aliphatic carbocycles. The lowest BCUT2D eigenvalue weighted by Gasteiger charge is -2.27. The van der Waals surface area contributed by atoms with Crippen LogP contribution in [0.3, 0.4) is 0 Å². The second-order valence-electron chi connectivity index (χ2n) is 8.67. The van der Waals surface area contributed by atoms with Crippen molar-refractivity contribution in [3.63, 3.8) is 0 Å². The Morgan fingerprint density at radius 3 is 2.52 bits per heavy atom. The van der Waals surface area contributed by atoms with Gasteiger partial charge in [0.1, 0.15) is 0 Å². The van der Waals surface area contributed by atoms with Gasteiger partial charge in [-0.2, -0.15) is 0 Å². The topological polar surface area (TPSA) is 66.6 Å². The molecule has 0 saturated carbocycles. The van der Waals surface area contributed by atoms with Gasteiger partial charge in [0, 0.05) is 30.8 Å². The molecule has 1 aliphatic heterocycles. The van der Waals surface area contributed by atoms with Gasteiger partial charge in [0.15, 0.2) is 5.78 Å². The van der Waals surface area contributed by atoms with Crippen LogP contribution in [0.15, 0.2) is 54.1 Å². The van der Waals surface area contributed by atoms with Crippen LogP contribution in [0.1, 0.15) is 54.6 Å². The summed E-state index contributed by atoms with van der Waals surface area (Å²) in [7, 11) is 0. The lowest BCUT2D eigenvalue weighted by Crippen LogP contribution is -2.39. The number of likely N-dealkylation sites (tertiary alicyclic amines) is 1. The molecule has 0 spiro atoms. The minimum absolute atomic E-state index is 0.0822. The van der Waals surface area contributed by atoms with Crippen LogP contribution in [0.5, 0.6) is 0 Å². The van der Waals surface area contributed by atoms with Crippen molar-refractivity contribution >= 4 is 17.5 Å². The van der Waals surface area contributed by atoms with Crippen molar-refractivity contribution in [2.45, 2.75) is 45.1 Å². The van der Waals surface area contributed by atoms with Crippen molar-refractivity contribution in [3.8, 4) is 0 Å². The van der Waals surface area contributed by atoms with Crippen LogP contribution in [0, 0.1) is 0 Å². The van der Waals surface area contributed by atoms with Crippen LogP contribution in [0.4, 0.5) is 5.69 Å². The van der Waals surface area contributed by atoms with Gasteiger partial charge in [-0.15, -0.1) is 0 Å². The van der Waals surface area contributed by atoms with E-state index in [1.807, 2.05) is 62.4 Å². The number of β-amino-alcohol motifs (C(OH)–C–C–N with tert-alkyl or cyclic N) is 1. The number of hydrogen-bond acceptors (Lipinski definition) is 4. The van der Waals surface area contributed by atoms with Crippen LogP contribution < -0.4 is 5.73 Å². The van der Waals surface area contributed by atoms with E-state index in [0.29, 0.717) is 24.2 Å². The van der Waals surface area contributed by atoms with E-state index in [9.17, 15) is 9.90 Å². The Morgan fingerprint density at radius 2 is 1.83 bits per heavy atom. The number of hydrogen-bond donors (Lipinski definition) is 2. The Bertz CT molecular complexity index is 863. The molecule has 2 aromatic carbocycles. The minimum atomic E-state index is -0.652. The maximum atomic E-state index is 12.6. The van der Waals surface area contributed by atoms with Crippen molar-refractivity contribution in [1.82, 2.24) is 4.90 Å². The van der Waals surface area contributed by atoms with E-state index in [-0.39, 0.29) is 5.78 Å². The van der Waals surface area contributed by atoms with E-state index in [4.69, 9.17) is 5.73 Å². The highest BCUT2D eigenvalue weighted by atomic mass is 16.3. The second-order valence-corrected chi connectivity index (χ2v) is 8.67. The second kappa shape index (κ2) is 9.38. The Balaban J connectivity index is 1.61. The van der Waals surface area contributed by atoms with Gasteiger partial charge >= 0.3 is 0 Å². The van der Waals surface area contributed by atoms with E-state index >= 15 is 0 Å². The molecule has 1 saturated heterocycles. The highest BCUT2D eigenvalue weighted by molar-refractivity contribution is 5.98. The van der Waals surface area contributed by atoms with Crippen molar-refractivity contribution in [3.05, 3.63) is 70.8 Å². The number of nitrogens with two attached hydrogens (primary N) is 1. The molecular weight excluding hydrogens is 360 g/mol. The summed E-state index contributed by atoms with van der Waals surface area (Å²) in [6.07, 6.45) is 5.78. The van der Waals surface area contributed by atoms with Gasteiger partial charge in [-0.1, -0.05) is 54.1 Å². The van der Waals surface area contributed by atoms with E-state index in [1.54, 1.807) is 0 Å². The smallest absolute Gasteiger partial charge is 0.167 e. The summed E-state index contributed by atoms with van der Waals surface area (Å²) in [4.78, 5) is 14.9. The third-order valence-corrected chi connectivity index (χ3v) is 5.34. The molecule has 0 atom stereocenters. The lowest BCUT2D eigenvalue weighted by atomic mass is 9.99. The fourth-order valence-corrected chi connectivity index (χ4v) is 3.89. The molecule has 4 heteroatoms. The van der Waals surface area contributed by atoms with Crippen LogP contribution in [0.2, 0.25) is 0 Å². The zero-order valence-corrected chi connectivity index (χ0v) is 17.5. The number of rotatable bonds is 6. The molecule has 154 valence electrons.